The molecule has 0 saturated carbocycles. The average molecular weight is 395 g/mol. The van der Waals surface area contributed by atoms with E-state index in [2.05, 4.69) is 11.6 Å². The molecule has 0 aliphatic carbocycles. The van der Waals surface area contributed by atoms with Crippen molar-refractivity contribution < 1.29 is 19.1 Å². The standard InChI is InChI=1S/C18H19ClN2O4S/c1-3-10-21(18(23)25-12-13-8-6-5-7-9-13)17-20-14(11-19)15(26-17)16(22)24-4-2/h3,5-9H,1,4,10-12H2,2H3. The Labute approximate surface area is 161 Å². The van der Waals surface area contributed by atoms with E-state index in [0.717, 1.165) is 16.9 Å². The second-order valence-electron chi connectivity index (χ2n) is 5.07. The van der Waals surface area contributed by atoms with Crippen LogP contribution in [0, 0.1) is 0 Å². The molecule has 0 N–H and O–H groups in total. The molecule has 8 heteroatoms. The van der Waals surface area contributed by atoms with E-state index in [1.54, 1.807) is 13.0 Å². The van der Waals surface area contributed by atoms with E-state index >= 15 is 0 Å². The van der Waals surface area contributed by atoms with Gasteiger partial charge in [-0.3, -0.25) is 0 Å². The maximum Gasteiger partial charge on any atom is 0.416 e. The predicted octanol–water partition coefficient (Wildman–Crippen LogP) is 4.39. The fourth-order valence-corrected chi connectivity index (χ4v) is 3.31. The molecule has 0 unspecified atom stereocenters. The predicted molar refractivity (Wildman–Crippen MR) is 102 cm³/mol. The lowest BCUT2D eigenvalue weighted by molar-refractivity contribution is 0.0531. The fourth-order valence-electron chi connectivity index (χ4n) is 2.06. The van der Waals surface area contributed by atoms with Crippen LogP contribution in [0.15, 0.2) is 43.0 Å². The number of carbonyl (C=O) groups is 2. The number of ether oxygens (including phenoxy) is 2. The summed E-state index contributed by atoms with van der Waals surface area (Å²) in [5.74, 6) is -0.478. The number of hydrogen-bond donors (Lipinski definition) is 0. The Balaban J connectivity index is 2.18. The Hall–Kier alpha value is -2.38. The van der Waals surface area contributed by atoms with Crippen LogP contribution in [0.1, 0.15) is 27.9 Å². The molecule has 0 atom stereocenters. The quantitative estimate of drug-likeness (QED) is 0.377. The van der Waals surface area contributed by atoms with Crippen LogP contribution in [0.4, 0.5) is 9.93 Å². The molecule has 26 heavy (non-hydrogen) atoms. The topological polar surface area (TPSA) is 68.7 Å². The fraction of sp³-hybridized carbons (Fsp3) is 0.278. The van der Waals surface area contributed by atoms with Crippen LogP contribution in [0.3, 0.4) is 0 Å². The summed E-state index contributed by atoms with van der Waals surface area (Å²) >= 11 is 6.91. The Morgan fingerprint density at radius 2 is 2.04 bits per heavy atom. The normalized spacial score (nSPS) is 10.2. The molecule has 0 aliphatic rings. The third-order valence-electron chi connectivity index (χ3n) is 3.24. The summed E-state index contributed by atoms with van der Waals surface area (Å²) in [6, 6.07) is 9.33. The van der Waals surface area contributed by atoms with E-state index in [-0.39, 0.29) is 30.5 Å². The van der Waals surface area contributed by atoms with Gasteiger partial charge in [0, 0.05) is 6.54 Å². The Bertz CT molecular complexity index is 764. The van der Waals surface area contributed by atoms with Crippen molar-refractivity contribution in [1.82, 2.24) is 4.98 Å². The Kier molecular flexibility index (Phi) is 7.62. The molecule has 0 fully saturated rings. The Morgan fingerprint density at radius 1 is 1.31 bits per heavy atom. The highest BCUT2D eigenvalue weighted by molar-refractivity contribution is 7.17. The highest BCUT2D eigenvalue weighted by atomic mass is 35.5. The van der Waals surface area contributed by atoms with E-state index < -0.39 is 12.1 Å². The molecule has 1 amide bonds. The van der Waals surface area contributed by atoms with Crippen LogP contribution >= 0.6 is 22.9 Å². The van der Waals surface area contributed by atoms with Gasteiger partial charge in [-0.2, -0.15) is 0 Å². The number of hydrogen-bond acceptors (Lipinski definition) is 6. The highest BCUT2D eigenvalue weighted by Crippen LogP contribution is 2.29. The van der Waals surface area contributed by atoms with Crippen molar-refractivity contribution in [1.29, 1.82) is 0 Å². The molecule has 6 nitrogen and oxygen atoms in total. The van der Waals surface area contributed by atoms with Gasteiger partial charge in [-0.05, 0) is 12.5 Å². The first kappa shape index (κ1) is 19.9. The van der Waals surface area contributed by atoms with E-state index in [4.69, 9.17) is 21.1 Å². The van der Waals surface area contributed by atoms with Gasteiger partial charge in [-0.15, -0.1) is 18.2 Å². The zero-order valence-corrected chi connectivity index (χ0v) is 15.9. The molecule has 1 aromatic carbocycles. The summed E-state index contributed by atoms with van der Waals surface area (Å²) in [6.07, 6.45) is 0.967. The number of benzene rings is 1. The van der Waals surface area contributed by atoms with Gasteiger partial charge < -0.3 is 9.47 Å². The minimum atomic E-state index is -0.584. The molecule has 1 aromatic heterocycles. The van der Waals surface area contributed by atoms with E-state index in [0.29, 0.717) is 10.8 Å². The van der Waals surface area contributed by atoms with Gasteiger partial charge in [0.2, 0.25) is 0 Å². The monoisotopic (exact) mass is 394 g/mol. The number of esters is 1. The SMILES string of the molecule is C=CCN(C(=O)OCc1ccccc1)c1nc(CCl)c(C(=O)OCC)s1. The van der Waals surface area contributed by atoms with E-state index in [1.165, 1.54) is 4.90 Å². The first-order valence-electron chi connectivity index (χ1n) is 7.92. The van der Waals surface area contributed by atoms with Gasteiger partial charge in [-0.1, -0.05) is 47.7 Å². The van der Waals surface area contributed by atoms with Gasteiger partial charge >= 0.3 is 12.1 Å². The van der Waals surface area contributed by atoms with Crippen LogP contribution in [0.5, 0.6) is 0 Å². The number of thiazole rings is 1. The number of carbonyl (C=O) groups excluding carboxylic acids is 2. The maximum absolute atomic E-state index is 12.5. The summed E-state index contributed by atoms with van der Waals surface area (Å²) in [7, 11) is 0. The maximum atomic E-state index is 12.5. The number of rotatable bonds is 8. The van der Waals surface area contributed by atoms with Crippen LogP contribution in [-0.2, 0) is 22.0 Å². The van der Waals surface area contributed by atoms with Crippen molar-refractivity contribution in [2.45, 2.75) is 19.4 Å². The zero-order chi connectivity index (χ0) is 18.9. The second kappa shape index (κ2) is 9.94. The van der Waals surface area contributed by atoms with Crippen LogP contribution in [0.25, 0.3) is 0 Å². The van der Waals surface area contributed by atoms with Crippen molar-refractivity contribution in [2.75, 3.05) is 18.1 Å². The summed E-state index contributed by atoms with van der Waals surface area (Å²) in [6.45, 7) is 5.92. The van der Waals surface area contributed by atoms with E-state index in [9.17, 15) is 9.59 Å². The lowest BCUT2D eigenvalue weighted by Crippen LogP contribution is -2.31. The van der Waals surface area contributed by atoms with Gasteiger partial charge in [-0.25, -0.2) is 19.5 Å². The molecule has 2 rings (SSSR count). The summed E-state index contributed by atoms with van der Waals surface area (Å²) in [5.41, 5.74) is 1.24. The number of alkyl halides is 1. The highest BCUT2D eigenvalue weighted by Gasteiger charge is 2.25. The van der Waals surface area contributed by atoms with Crippen molar-refractivity contribution >= 4 is 40.1 Å². The molecular weight excluding hydrogens is 376 g/mol. The minimum Gasteiger partial charge on any atom is -0.462 e. The van der Waals surface area contributed by atoms with Gasteiger partial charge in [0.1, 0.15) is 11.5 Å². The third kappa shape index (κ3) is 5.06. The molecule has 1 heterocycles. The molecule has 0 bridgehead atoms. The Morgan fingerprint density at radius 3 is 2.65 bits per heavy atom. The zero-order valence-electron chi connectivity index (χ0n) is 14.3. The molecular formula is C18H19ClN2O4S. The summed E-state index contributed by atoms with van der Waals surface area (Å²) < 4.78 is 10.4. The molecule has 0 saturated heterocycles. The number of anilines is 1. The molecule has 0 radical (unpaired) electrons. The van der Waals surface area contributed by atoms with E-state index in [1.807, 2.05) is 30.3 Å². The van der Waals surface area contributed by atoms with Crippen LogP contribution in [0.2, 0.25) is 0 Å². The van der Waals surface area contributed by atoms with Crippen molar-refractivity contribution in [2.24, 2.45) is 0 Å². The van der Waals surface area contributed by atoms with Crippen LogP contribution in [-0.4, -0.2) is 30.2 Å². The smallest absolute Gasteiger partial charge is 0.416 e. The third-order valence-corrected chi connectivity index (χ3v) is 4.60. The van der Waals surface area contributed by atoms with Crippen LogP contribution < -0.4 is 4.90 Å². The van der Waals surface area contributed by atoms with Crippen molar-refractivity contribution in [3.8, 4) is 0 Å². The average Bonchev–Trinajstić information content (AvgIpc) is 3.09. The molecule has 2 aromatic rings. The lowest BCUT2D eigenvalue weighted by Gasteiger charge is -2.17. The van der Waals surface area contributed by atoms with Crippen molar-refractivity contribution in [3.05, 3.63) is 59.1 Å². The van der Waals surface area contributed by atoms with Gasteiger partial charge in [0.15, 0.2) is 5.13 Å². The number of aromatic nitrogens is 1. The van der Waals surface area contributed by atoms with Gasteiger partial charge in [0.25, 0.3) is 0 Å². The molecule has 0 spiro atoms. The summed E-state index contributed by atoms with van der Waals surface area (Å²) in [4.78, 5) is 30.4. The largest absolute Gasteiger partial charge is 0.462 e. The first-order valence-corrected chi connectivity index (χ1v) is 9.27. The van der Waals surface area contributed by atoms with Crippen molar-refractivity contribution in [3.63, 3.8) is 0 Å². The van der Waals surface area contributed by atoms with Gasteiger partial charge in [0.05, 0.1) is 18.2 Å². The second-order valence-corrected chi connectivity index (χ2v) is 6.31. The minimum absolute atomic E-state index is 0.0334. The number of halogens is 1. The molecule has 138 valence electrons. The lowest BCUT2D eigenvalue weighted by atomic mass is 10.2. The summed E-state index contributed by atoms with van der Waals surface area (Å²) in [5, 5.41) is 0.307. The molecule has 0 aliphatic heterocycles. The first-order chi connectivity index (χ1) is 12.6. The number of nitrogens with zero attached hydrogens (tertiary/aromatic N) is 2. The number of amides is 1.